The number of rotatable bonds is 9. The van der Waals surface area contributed by atoms with E-state index >= 15 is 0 Å². The SMILES string of the molecule is CCN(C(=O)[C@@H]1CCN(CC(=O)N2CCN(c3ccc(-c4ncn(C)n4)cc3)CC2)C1)c1ccc2[nH]nc(-c3cnn(C(C)C)c3)c2n1. The number of nitrogens with zero attached hydrogens (tertiary/aromatic N) is 11. The molecule has 0 aliphatic carbocycles. The second-order valence-electron chi connectivity index (χ2n) is 12.9. The number of aryl methyl sites for hydroxylation is 1. The molecule has 1 N–H and O–H groups in total. The standard InChI is InChI=1S/C34H42N12O2/c1-5-45(29-11-10-28-32(37-29)31(39-38-28)26-18-36-46(20-26)23(2)3)34(48)25-12-13-42(19-25)21-30(47)44-16-14-43(15-17-44)27-8-6-24(7-9-27)33-35-22-41(4)40-33/h6-11,18,20,22-23,25H,5,12-17,19,21H2,1-4H3,(H,38,39)/t25-/m1/s1. The number of hydrogen-bond donors (Lipinski definition) is 1. The number of amides is 2. The second kappa shape index (κ2) is 13.2. The van der Waals surface area contributed by atoms with Gasteiger partial charge >= 0.3 is 0 Å². The number of hydrogen-bond acceptors (Lipinski definition) is 9. The van der Waals surface area contributed by atoms with Crippen molar-refractivity contribution in [1.29, 1.82) is 0 Å². The van der Waals surface area contributed by atoms with Crippen LogP contribution in [0.3, 0.4) is 0 Å². The number of nitrogens with one attached hydrogen (secondary N) is 1. The van der Waals surface area contributed by atoms with Crippen LogP contribution in [0.1, 0.15) is 33.2 Å². The number of benzene rings is 1. The summed E-state index contributed by atoms with van der Waals surface area (Å²) >= 11 is 0. The molecule has 1 aromatic carbocycles. The van der Waals surface area contributed by atoms with Crippen molar-refractivity contribution < 1.29 is 9.59 Å². The second-order valence-corrected chi connectivity index (χ2v) is 12.9. The molecular formula is C34H42N12O2. The minimum atomic E-state index is -0.190. The summed E-state index contributed by atoms with van der Waals surface area (Å²) in [5.74, 6) is 1.27. The Morgan fingerprint density at radius 2 is 1.81 bits per heavy atom. The number of aromatic nitrogens is 8. The van der Waals surface area contributed by atoms with E-state index in [9.17, 15) is 9.59 Å². The first kappa shape index (κ1) is 31.5. The first-order chi connectivity index (χ1) is 23.3. The number of aromatic amines is 1. The maximum atomic E-state index is 13.8. The van der Waals surface area contributed by atoms with Crippen LogP contribution >= 0.6 is 0 Å². The number of likely N-dealkylation sites (tertiary alicyclic amines) is 1. The van der Waals surface area contributed by atoms with Crippen molar-refractivity contribution in [2.45, 2.75) is 33.2 Å². The highest BCUT2D eigenvalue weighted by atomic mass is 16.2. The summed E-state index contributed by atoms with van der Waals surface area (Å²) in [7, 11) is 1.86. The molecule has 0 unspecified atom stereocenters. The van der Waals surface area contributed by atoms with Crippen molar-refractivity contribution in [3.63, 3.8) is 0 Å². The maximum Gasteiger partial charge on any atom is 0.236 e. The molecule has 2 saturated heterocycles. The van der Waals surface area contributed by atoms with E-state index in [2.05, 4.69) is 61.2 Å². The van der Waals surface area contributed by atoms with Gasteiger partial charge in [-0.25, -0.2) is 9.97 Å². The van der Waals surface area contributed by atoms with Gasteiger partial charge in [-0.05, 0) is 70.1 Å². The Bertz CT molecular complexity index is 1900. The Morgan fingerprint density at radius 3 is 2.50 bits per heavy atom. The van der Waals surface area contributed by atoms with Gasteiger partial charge in [0, 0.05) is 75.4 Å². The van der Waals surface area contributed by atoms with E-state index < -0.39 is 0 Å². The highest BCUT2D eigenvalue weighted by molar-refractivity contribution is 5.97. The first-order valence-electron chi connectivity index (χ1n) is 16.7. The smallest absolute Gasteiger partial charge is 0.236 e. The third-order valence-corrected chi connectivity index (χ3v) is 9.36. The molecule has 0 bridgehead atoms. The van der Waals surface area contributed by atoms with Crippen molar-refractivity contribution in [3.8, 4) is 22.6 Å². The monoisotopic (exact) mass is 650 g/mol. The fourth-order valence-electron chi connectivity index (χ4n) is 6.61. The predicted molar refractivity (Wildman–Crippen MR) is 183 cm³/mol. The Labute approximate surface area is 279 Å². The van der Waals surface area contributed by atoms with Gasteiger partial charge in [-0.2, -0.15) is 15.3 Å². The molecule has 5 aromatic rings. The topological polar surface area (TPSA) is 137 Å². The lowest BCUT2D eigenvalue weighted by atomic mass is 10.1. The number of H-pyrrole nitrogens is 1. The number of carbonyl (C=O) groups excluding carboxylic acids is 2. The first-order valence-corrected chi connectivity index (χ1v) is 16.7. The Balaban J connectivity index is 0.935. The number of carbonyl (C=O) groups is 2. The number of pyridine rings is 1. The van der Waals surface area contributed by atoms with E-state index in [1.54, 1.807) is 22.1 Å². The Hall–Kier alpha value is -5.11. The van der Waals surface area contributed by atoms with E-state index in [0.29, 0.717) is 62.0 Å². The van der Waals surface area contributed by atoms with Crippen LogP contribution in [0.25, 0.3) is 33.7 Å². The lowest BCUT2D eigenvalue weighted by Crippen LogP contribution is -2.51. The molecular weight excluding hydrogens is 608 g/mol. The summed E-state index contributed by atoms with van der Waals surface area (Å²) in [5.41, 5.74) is 5.21. The fourth-order valence-corrected chi connectivity index (χ4v) is 6.61. The maximum absolute atomic E-state index is 13.8. The van der Waals surface area contributed by atoms with Crippen LogP contribution in [0.5, 0.6) is 0 Å². The van der Waals surface area contributed by atoms with Gasteiger partial charge in [0.25, 0.3) is 0 Å². The quantitative estimate of drug-likeness (QED) is 0.255. The highest BCUT2D eigenvalue weighted by Crippen LogP contribution is 2.29. The molecule has 250 valence electrons. The normalized spacial score (nSPS) is 17.1. The van der Waals surface area contributed by atoms with Crippen molar-refractivity contribution >= 4 is 34.4 Å². The molecule has 1 atom stereocenters. The van der Waals surface area contributed by atoms with Gasteiger partial charge in [-0.3, -0.25) is 33.9 Å². The van der Waals surface area contributed by atoms with Crippen LogP contribution in [0, 0.1) is 5.92 Å². The molecule has 2 fully saturated rings. The van der Waals surface area contributed by atoms with Crippen LogP contribution in [-0.2, 0) is 16.6 Å². The molecule has 2 aliphatic heterocycles. The van der Waals surface area contributed by atoms with Gasteiger partial charge in [0.2, 0.25) is 11.8 Å². The van der Waals surface area contributed by atoms with Gasteiger partial charge in [0.1, 0.15) is 23.4 Å². The van der Waals surface area contributed by atoms with Gasteiger partial charge < -0.3 is 9.80 Å². The van der Waals surface area contributed by atoms with Crippen LogP contribution < -0.4 is 9.80 Å². The third kappa shape index (κ3) is 6.27. The summed E-state index contributed by atoms with van der Waals surface area (Å²) < 4.78 is 3.58. The number of anilines is 2. The molecule has 4 aromatic heterocycles. The van der Waals surface area contributed by atoms with Gasteiger partial charge in [-0.1, -0.05) is 0 Å². The zero-order valence-electron chi connectivity index (χ0n) is 28.0. The minimum absolute atomic E-state index is 0.0374. The summed E-state index contributed by atoms with van der Waals surface area (Å²) in [6.07, 6.45) is 6.17. The average Bonchev–Trinajstić information content (AvgIpc) is 3.92. The van der Waals surface area contributed by atoms with E-state index in [0.717, 1.165) is 42.0 Å². The van der Waals surface area contributed by atoms with Gasteiger partial charge in [-0.15, -0.1) is 0 Å². The zero-order valence-corrected chi connectivity index (χ0v) is 28.0. The van der Waals surface area contributed by atoms with E-state index in [4.69, 9.17) is 4.98 Å². The molecule has 48 heavy (non-hydrogen) atoms. The Morgan fingerprint density at radius 1 is 1.02 bits per heavy atom. The molecule has 7 rings (SSSR count). The van der Waals surface area contributed by atoms with E-state index in [1.165, 1.54) is 0 Å². The van der Waals surface area contributed by atoms with Crippen molar-refractivity contribution in [3.05, 3.63) is 55.1 Å². The van der Waals surface area contributed by atoms with Crippen LogP contribution in [0.2, 0.25) is 0 Å². The van der Waals surface area contributed by atoms with Crippen molar-refractivity contribution in [2.24, 2.45) is 13.0 Å². The fraction of sp³-hybridized carbons (Fsp3) is 0.441. The molecule has 0 saturated carbocycles. The van der Waals surface area contributed by atoms with Crippen molar-refractivity contribution in [1.82, 2.24) is 49.5 Å². The van der Waals surface area contributed by atoms with E-state index in [-0.39, 0.29) is 23.8 Å². The molecule has 6 heterocycles. The Kier molecular flexibility index (Phi) is 8.65. The largest absolute Gasteiger partial charge is 0.368 e. The summed E-state index contributed by atoms with van der Waals surface area (Å²) in [6.45, 7) is 11.1. The van der Waals surface area contributed by atoms with Crippen molar-refractivity contribution in [2.75, 3.05) is 62.2 Å². The van der Waals surface area contributed by atoms with Crippen LogP contribution in [0.15, 0.2) is 55.1 Å². The molecule has 14 heteroatoms. The summed E-state index contributed by atoms with van der Waals surface area (Å²) in [5, 5.41) is 16.4. The van der Waals surface area contributed by atoms with Crippen LogP contribution in [0.4, 0.5) is 11.5 Å². The molecule has 2 aliphatic rings. The number of fused-ring (bicyclic) bond motifs is 1. The predicted octanol–water partition coefficient (Wildman–Crippen LogP) is 3.22. The number of piperazine rings is 1. The molecule has 0 spiro atoms. The minimum Gasteiger partial charge on any atom is -0.368 e. The molecule has 14 nitrogen and oxygen atoms in total. The lowest BCUT2D eigenvalue weighted by Gasteiger charge is -2.36. The lowest BCUT2D eigenvalue weighted by molar-refractivity contribution is -0.132. The van der Waals surface area contributed by atoms with Crippen LogP contribution in [-0.4, -0.2) is 114 Å². The highest BCUT2D eigenvalue weighted by Gasteiger charge is 2.34. The van der Waals surface area contributed by atoms with Gasteiger partial charge in [0.15, 0.2) is 5.82 Å². The van der Waals surface area contributed by atoms with E-state index in [1.807, 2.05) is 54.0 Å². The zero-order chi connectivity index (χ0) is 33.4. The molecule has 2 amide bonds. The third-order valence-electron chi connectivity index (χ3n) is 9.36. The average molecular weight is 651 g/mol. The summed E-state index contributed by atoms with van der Waals surface area (Å²) in [4.78, 5) is 44.5. The summed E-state index contributed by atoms with van der Waals surface area (Å²) in [6, 6.07) is 12.3. The molecule has 0 radical (unpaired) electrons. The van der Waals surface area contributed by atoms with Gasteiger partial charge in [0.05, 0.1) is 24.2 Å².